The van der Waals surface area contributed by atoms with Crippen molar-refractivity contribution in [3.05, 3.63) is 88.3 Å². The summed E-state index contributed by atoms with van der Waals surface area (Å²) >= 11 is 0. The van der Waals surface area contributed by atoms with Crippen molar-refractivity contribution in [3.63, 3.8) is 0 Å². The summed E-state index contributed by atoms with van der Waals surface area (Å²) in [5.41, 5.74) is -0.277. The van der Waals surface area contributed by atoms with E-state index in [1.165, 1.54) is 44.9 Å². The summed E-state index contributed by atoms with van der Waals surface area (Å²) in [4.78, 5) is 0. The lowest BCUT2D eigenvalue weighted by Crippen LogP contribution is -2.53. The average molecular weight is 1030 g/mol. The van der Waals surface area contributed by atoms with E-state index in [9.17, 15) is 26.3 Å². The molecule has 0 heterocycles. The van der Waals surface area contributed by atoms with Gasteiger partial charge in [0, 0.05) is 36.8 Å². The highest BCUT2D eigenvalue weighted by molar-refractivity contribution is 6.39. The molecule has 0 amide bonds. The Bertz CT molecular complexity index is 1790. The van der Waals surface area contributed by atoms with Crippen molar-refractivity contribution >= 4 is 7.32 Å². The van der Waals surface area contributed by atoms with Crippen LogP contribution >= 0.6 is 0 Å². The van der Waals surface area contributed by atoms with E-state index < -0.39 is 83.0 Å². The van der Waals surface area contributed by atoms with E-state index >= 15 is 13.2 Å². The molecule has 4 nitrogen and oxygen atoms in total. The van der Waals surface area contributed by atoms with Crippen molar-refractivity contribution in [3.8, 4) is 17.2 Å². The highest BCUT2D eigenvalue weighted by atomic mass is 19.2. The first kappa shape index (κ1) is 62.7. The molecule has 72 heavy (non-hydrogen) atoms. The van der Waals surface area contributed by atoms with Crippen LogP contribution in [-0.4, -0.2) is 31.4 Å². The zero-order valence-corrected chi connectivity index (χ0v) is 44.4. The number of hydrogen-bond donors (Lipinski definition) is 0. The van der Waals surface area contributed by atoms with Crippen molar-refractivity contribution in [1.29, 1.82) is 0 Å². The van der Waals surface area contributed by atoms with Crippen LogP contribution in [0.3, 0.4) is 0 Å². The Morgan fingerprint density at radius 1 is 0.347 bits per heavy atom. The van der Waals surface area contributed by atoms with Crippen LogP contribution in [0, 0.1) is 52.4 Å². The summed E-state index contributed by atoms with van der Waals surface area (Å²) in [6, 6.07) is 1.70. The van der Waals surface area contributed by atoms with E-state index in [2.05, 4.69) is 27.7 Å². The van der Waals surface area contributed by atoms with E-state index in [1.807, 2.05) is 0 Å². The van der Waals surface area contributed by atoms with Gasteiger partial charge in [0.2, 0.25) is 0 Å². The molecule has 0 aromatic heterocycles. The monoisotopic (exact) mass is 1030 g/mol. The smallest absolute Gasteiger partial charge is 0.489 e. The molecule has 1 unspecified atom stereocenters. The third-order valence-electron chi connectivity index (χ3n) is 14.2. The molecule has 3 aromatic rings. The molecule has 0 radical (unpaired) electrons. The second-order valence-corrected chi connectivity index (χ2v) is 20.2. The zero-order valence-electron chi connectivity index (χ0n) is 44.4. The number of halogens is 9. The van der Waals surface area contributed by atoms with Gasteiger partial charge in [0.15, 0.2) is 52.4 Å². The fourth-order valence-corrected chi connectivity index (χ4v) is 10.1. The molecule has 0 fully saturated rings. The molecule has 0 N–H and O–H groups in total. The van der Waals surface area contributed by atoms with Crippen LogP contribution in [0.4, 0.5) is 39.5 Å². The first-order chi connectivity index (χ1) is 34.8. The average Bonchev–Trinajstić information content (AvgIpc) is 3.35. The van der Waals surface area contributed by atoms with Crippen LogP contribution in [-0.2, 0) is 0 Å². The second-order valence-electron chi connectivity index (χ2n) is 20.2. The van der Waals surface area contributed by atoms with Gasteiger partial charge in [-0.25, -0.2) is 39.5 Å². The minimum Gasteiger partial charge on any atom is -0.489 e. The van der Waals surface area contributed by atoms with E-state index in [0.29, 0.717) is 67.3 Å². The second kappa shape index (κ2) is 36.4. The van der Waals surface area contributed by atoms with E-state index in [1.54, 1.807) is 0 Å². The normalized spacial score (nSPS) is 12.2. The Morgan fingerprint density at radius 3 is 0.972 bits per heavy atom. The van der Waals surface area contributed by atoms with Crippen LogP contribution in [0.25, 0.3) is 0 Å². The van der Waals surface area contributed by atoms with Crippen LogP contribution in [0.1, 0.15) is 245 Å². The summed E-state index contributed by atoms with van der Waals surface area (Å²) in [5, 5.41) is 0. The van der Waals surface area contributed by atoms with Crippen molar-refractivity contribution in [2.24, 2.45) is 0 Å². The van der Waals surface area contributed by atoms with Gasteiger partial charge in [-0.05, 0) is 44.9 Å². The SMILES string of the molecule is CCCCCCCCCCCCCCCC(c1c(OB(Oc2cc(F)c(F)c(F)c2)Oc2cc(F)c(F)c(F)c2)cc(F)c(F)c1F)[N+](CCCCCCCC)(CCCCCCCC)CCCCCCCC. The van der Waals surface area contributed by atoms with Crippen LogP contribution in [0.15, 0.2) is 30.3 Å². The summed E-state index contributed by atoms with van der Waals surface area (Å²) in [6.07, 6.45) is 32.9. The standard InChI is InChI=1S/C58H88BF9NO3/c1-5-9-13-17-21-22-23-24-25-26-27-28-32-36-52(69(37-33-29-18-14-10-6-2,38-34-30-19-15-11-7-3)39-35-31-20-16-12-8-4)54-53(44-51(64)57(67)58(54)68)72-59(70-45-40-47(60)55(65)48(61)41-45)71-46-42-49(62)56(66)50(63)43-46/h40-44,52H,5-39H2,1-4H3/q+1. The van der Waals surface area contributed by atoms with Gasteiger partial charge in [0.1, 0.15) is 23.3 Å². The molecular formula is C58H88BF9NO3+. The molecule has 0 aliphatic heterocycles. The van der Waals surface area contributed by atoms with Gasteiger partial charge in [-0.3, -0.25) is 0 Å². The van der Waals surface area contributed by atoms with Crippen molar-refractivity contribution in [2.45, 2.75) is 239 Å². The number of unbranched alkanes of at least 4 members (excludes halogenated alkanes) is 27. The molecule has 0 aliphatic carbocycles. The summed E-state index contributed by atoms with van der Waals surface area (Å²) in [7, 11) is -2.34. The maximum atomic E-state index is 17.3. The number of rotatable bonds is 43. The predicted molar refractivity (Wildman–Crippen MR) is 275 cm³/mol. The molecule has 3 rings (SSSR count). The Kier molecular flexibility index (Phi) is 31.7. The lowest BCUT2D eigenvalue weighted by atomic mass is 9.91. The topological polar surface area (TPSA) is 27.7 Å². The Labute approximate surface area is 428 Å². The molecule has 0 spiro atoms. The summed E-state index contributed by atoms with van der Waals surface area (Å²) in [6.45, 7) is 10.6. The largest absolute Gasteiger partial charge is 0.864 e. The van der Waals surface area contributed by atoms with Gasteiger partial charge in [-0.2, -0.15) is 0 Å². The third kappa shape index (κ3) is 22.5. The van der Waals surface area contributed by atoms with Crippen molar-refractivity contribution < 1.29 is 58.0 Å². The van der Waals surface area contributed by atoms with Crippen molar-refractivity contribution in [2.75, 3.05) is 19.6 Å². The van der Waals surface area contributed by atoms with Gasteiger partial charge in [0.05, 0.1) is 25.2 Å². The Balaban J connectivity index is 2.18. The Hall–Kier alpha value is -3.55. The zero-order chi connectivity index (χ0) is 52.6. The molecule has 1 atom stereocenters. The van der Waals surface area contributed by atoms with Crippen molar-refractivity contribution in [1.82, 2.24) is 0 Å². The maximum Gasteiger partial charge on any atom is 0.864 e. The first-order valence-corrected chi connectivity index (χ1v) is 28.1. The quantitative estimate of drug-likeness (QED) is 0.0186. The number of hydrogen-bond acceptors (Lipinski definition) is 3. The molecule has 14 heteroatoms. The maximum absolute atomic E-state index is 17.3. The predicted octanol–water partition coefficient (Wildman–Crippen LogP) is 19.9. The fourth-order valence-electron chi connectivity index (χ4n) is 10.1. The molecule has 0 bridgehead atoms. The van der Waals surface area contributed by atoms with E-state index in [0.717, 1.165) is 148 Å². The molecule has 0 saturated carbocycles. The lowest BCUT2D eigenvalue weighted by molar-refractivity contribution is -0.958. The molecule has 3 aromatic carbocycles. The fraction of sp³-hybridized carbons (Fsp3) is 0.690. The van der Waals surface area contributed by atoms with Gasteiger partial charge >= 0.3 is 7.32 Å². The molecular weight excluding hydrogens is 940 g/mol. The minimum atomic E-state index is -2.34. The molecule has 0 saturated heterocycles. The first-order valence-electron chi connectivity index (χ1n) is 28.1. The highest BCUT2D eigenvalue weighted by Crippen LogP contribution is 2.44. The van der Waals surface area contributed by atoms with E-state index in [4.69, 9.17) is 14.0 Å². The Morgan fingerprint density at radius 2 is 0.639 bits per heavy atom. The highest BCUT2D eigenvalue weighted by Gasteiger charge is 2.43. The third-order valence-corrected chi connectivity index (χ3v) is 14.2. The van der Waals surface area contributed by atoms with Gasteiger partial charge in [-0.1, -0.05) is 182 Å². The van der Waals surface area contributed by atoms with Gasteiger partial charge < -0.3 is 18.4 Å². The minimum absolute atomic E-state index is 0.277. The van der Waals surface area contributed by atoms with E-state index in [-0.39, 0.29) is 5.56 Å². The van der Waals surface area contributed by atoms with Gasteiger partial charge in [0.25, 0.3) is 0 Å². The van der Waals surface area contributed by atoms with Crippen LogP contribution in [0.2, 0.25) is 0 Å². The number of quaternary nitrogens is 1. The molecule has 0 aliphatic rings. The lowest BCUT2D eigenvalue weighted by Gasteiger charge is -2.46. The number of benzene rings is 3. The molecule has 408 valence electrons. The summed E-state index contributed by atoms with van der Waals surface area (Å²) < 4.78 is 153. The van der Waals surface area contributed by atoms with Crippen LogP contribution < -0.4 is 14.0 Å². The summed E-state index contributed by atoms with van der Waals surface area (Å²) in [5.74, 6) is -17.1. The van der Waals surface area contributed by atoms with Crippen LogP contribution in [0.5, 0.6) is 17.2 Å². The number of nitrogens with zero attached hydrogens (tertiary/aromatic N) is 1. The van der Waals surface area contributed by atoms with Gasteiger partial charge in [-0.15, -0.1) is 0 Å².